The number of thiocarbonyl (C=S) groups is 1. The van der Waals surface area contributed by atoms with E-state index < -0.39 is 0 Å². The number of nitrogens with one attached hydrogen (secondary N) is 2. The van der Waals surface area contributed by atoms with Crippen LogP contribution in [-0.4, -0.2) is 17.6 Å². The standard InChI is InChI=1S/C23H21ClN2O2S/c24-21-14-5-4-13-20(21)22(27)26-23(29)25-18-11-6-12-19(16-18)28-15-7-10-17-8-2-1-3-9-17/h1-6,8-9,11-14,16H,7,10,15H2,(H2,25,26,27,29). The Labute approximate surface area is 180 Å². The first-order valence-electron chi connectivity index (χ1n) is 9.25. The molecule has 0 saturated carbocycles. The molecule has 1 amide bonds. The van der Waals surface area contributed by atoms with Gasteiger partial charge >= 0.3 is 0 Å². The van der Waals surface area contributed by atoms with E-state index in [1.807, 2.05) is 42.5 Å². The van der Waals surface area contributed by atoms with Gasteiger partial charge in [-0.15, -0.1) is 0 Å². The van der Waals surface area contributed by atoms with Gasteiger partial charge < -0.3 is 10.1 Å². The molecule has 6 heteroatoms. The molecule has 4 nitrogen and oxygen atoms in total. The molecule has 0 aliphatic rings. The summed E-state index contributed by atoms with van der Waals surface area (Å²) < 4.78 is 5.83. The minimum absolute atomic E-state index is 0.191. The molecule has 0 aliphatic heterocycles. The van der Waals surface area contributed by atoms with Gasteiger partial charge in [0.05, 0.1) is 17.2 Å². The highest BCUT2D eigenvalue weighted by atomic mass is 35.5. The van der Waals surface area contributed by atoms with Crippen LogP contribution in [0.15, 0.2) is 78.9 Å². The zero-order valence-corrected chi connectivity index (χ0v) is 17.3. The summed E-state index contributed by atoms with van der Waals surface area (Å²) in [5.74, 6) is 0.379. The highest BCUT2D eigenvalue weighted by molar-refractivity contribution is 7.80. The van der Waals surface area contributed by atoms with Crippen LogP contribution < -0.4 is 15.4 Å². The molecule has 3 aromatic carbocycles. The fourth-order valence-electron chi connectivity index (χ4n) is 2.75. The summed E-state index contributed by atoms with van der Waals surface area (Å²) >= 11 is 11.3. The van der Waals surface area contributed by atoms with Crippen LogP contribution in [-0.2, 0) is 6.42 Å². The molecule has 148 valence electrons. The van der Waals surface area contributed by atoms with E-state index in [2.05, 4.69) is 22.8 Å². The molecular weight excluding hydrogens is 404 g/mol. The molecule has 3 aromatic rings. The van der Waals surface area contributed by atoms with Gasteiger partial charge in [-0.2, -0.15) is 0 Å². The van der Waals surface area contributed by atoms with Crippen LogP contribution in [0.3, 0.4) is 0 Å². The largest absolute Gasteiger partial charge is 0.494 e. The second-order valence-corrected chi connectivity index (χ2v) is 7.17. The first-order valence-corrected chi connectivity index (χ1v) is 10.0. The van der Waals surface area contributed by atoms with Crippen LogP contribution in [0.1, 0.15) is 22.3 Å². The second-order valence-electron chi connectivity index (χ2n) is 6.35. The van der Waals surface area contributed by atoms with Crippen molar-refractivity contribution < 1.29 is 9.53 Å². The van der Waals surface area contributed by atoms with Gasteiger partial charge in [-0.3, -0.25) is 10.1 Å². The molecule has 0 atom stereocenters. The molecule has 0 aliphatic carbocycles. The summed E-state index contributed by atoms with van der Waals surface area (Å²) in [4.78, 5) is 12.3. The lowest BCUT2D eigenvalue weighted by Gasteiger charge is -2.12. The van der Waals surface area contributed by atoms with E-state index in [0.29, 0.717) is 17.2 Å². The van der Waals surface area contributed by atoms with Gasteiger partial charge in [0.2, 0.25) is 0 Å². The Hall–Kier alpha value is -2.89. The predicted octanol–water partition coefficient (Wildman–Crippen LogP) is 5.48. The van der Waals surface area contributed by atoms with Crippen molar-refractivity contribution in [3.8, 4) is 5.75 Å². The third kappa shape index (κ3) is 6.59. The molecule has 0 aromatic heterocycles. The molecule has 3 rings (SSSR count). The molecule has 0 spiro atoms. The lowest BCUT2D eigenvalue weighted by molar-refractivity contribution is 0.0978. The molecule has 0 fully saturated rings. The zero-order valence-electron chi connectivity index (χ0n) is 15.7. The lowest BCUT2D eigenvalue weighted by Crippen LogP contribution is -2.34. The number of halogens is 1. The van der Waals surface area contributed by atoms with E-state index in [9.17, 15) is 4.79 Å². The van der Waals surface area contributed by atoms with Crippen molar-refractivity contribution in [1.29, 1.82) is 0 Å². The van der Waals surface area contributed by atoms with Crippen LogP contribution in [0.2, 0.25) is 5.02 Å². The summed E-state index contributed by atoms with van der Waals surface area (Å²) in [6.45, 7) is 0.617. The van der Waals surface area contributed by atoms with E-state index >= 15 is 0 Å². The van der Waals surface area contributed by atoms with Crippen molar-refractivity contribution in [3.63, 3.8) is 0 Å². The lowest BCUT2D eigenvalue weighted by atomic mass is 10.1. The van der Waals surface area contributed by atoms with Gasteiger partial charge in [0.1, 0.15) is 5.75 Å². The Morgan fingerprint density at radius 2 is 1.72 bits per heavy atom. The van der Waals surface area contributed by atoms with Gasteiger partial charge in [-0.25, -0.2) is 0 Å². The summed E-state index contributed by atoms with van der Waals surface area (Å²) in [7, 11) is 0. The van der Waals surface area contributed by atoms with Crippen molar-refractivity contribution in [2.24, 2.45) is 0 Å². The Bertz CT molecular complexity index is 979. The predicted molar refractivity (Wildman–Crippen MR) is 122 cm³/mol. The average Bonchev–Trinajstić information content (AvgIpc) is 2.72. The maximum absolute atomic E-state index is 12.3. The number of rotatable bonds is 7. The fourth-order valence-corrected chi connectivity index (χ4v) is 3.18. The molecular formula is C23H21ClN2O2S. The number of hydrogen-bond acceptors (Lipinski definition) is 3. The van der Waals surface area contributed by atoms with E-state index in [4.69, 9.17) is 28.6 Å². The topological polar surface area (TPSA) is 50.4 Å². The first-order chi connectivity index (χ1) is 14.1. The van der Waals surface area contributed by atoms with Crippen LogP contribution in [0.5, 0.6) is 5.75 Å². The number of aryl methyl sites for hydroxylation is 1. The van der Waals surface area contributed by atoms with E-state index in [-0.39, 0.29) is 11.0 Å². The van der Waals surface area contributed by atoms with Crippen LogP contribution in [0.4, 0.5) is 5.69 Å². The Morgan fingerprint density at radius 1 is 0.966 bits per heavy atom. The van der Waals surface area contributed by atoms with Gasteiger partial charge in [0.25, 0.3) is 5.91 Å². The minimum atomic E-state index is -0.360. The molecule has 0 radical (unpaired) electrons. The SMILES string of the molecule is O=C(NC(=S)Nc1cccc(OCCCc2ccccc2)c1)c1ccccc1Cl. The van der Waals surface area contributed by atoms with Crippen LogP contribution in [0, 0.1) is 0 Å². The highest BCUT2D eigenvalue weighted by Gasteiger charge is 2.11. The number of hydrogen-bond donors (Lipinski definition) is 2. The number of ether oxygens (including phenoxy) is 1. The number of carbonyl (C=O) groups excluding carboxylic acids is 1. The molecule has 0 bridgehead atoms. The summed E-state index contributed by atoms with van der Waals surface area (Å²) in [6.07, 6.45) is 1.89. The Kier molecular flexibility index (Phi) is 7.61. The smallest absolute Gasteiger partial charge is 0.258 e. The monoisotopic (exact) mass is 424 g/mol. The van der Waals surface area contributed by atoms with Gasteiger partial charge in [-0.05, 0) is 54.9 Å². The molecule has 29 heavy (non-hydrogen) atoms. The van der Waals surface area contributed by atoms with Crippen molar-refractivity contribution in [2.45, 2.75) is 12.8 Å². The molecule has 0 unspecified atom stereocenters. The van der Waals surface area contributed by atoms with E-state index in [0.717, 1.165) is 24.3 Å². The fraction of sp³-hybridized carbons (Fsp3) is 0.130. The van der Waals surface area contributed by atoms with Crippen molar-refractivity contribution in [3.05, 3.63) is 95.0 Å². The van der Waals surface area contributed by atoms with Crippen LogP contribution in [0.25, 0.3) is 0 Å². The third-order valence-corrected chi connectivity index (χ3v) is 4.69. The summed E-state index contributed by atoms with van der Waals surface area (Å²) in [5.41, 5.74) is 2.40. The number of anilines is 1. The highest BCUT2D eigenvalue weighted by Crippen LogP contribution is 2.18. The second kappa shape index (κ2) is 10.6. The van der Waals surface area contributed by atoms with Crippen molar-refractivity contribution in [2.75, 3.05) is 11.9 Å². The van der Waals surface area contributed by atoms with E-state index in [1.165, 1.54) is 5.56 Å². The number of amides is 1. The zero-order chi connectivity index (χ0) is 20.5. The maximum Gasteiger partial charge on any atom is 0.258 e. The maximum atomic E-state index is 12.3. The quantitative estimate of drug-likeness (QED) is 0.389. The minimum Gasteiger partial charge on any atom is -0.494 e. The van der Waals surface area contributed by atoms with Crippen molar-refractivity contribution in [1.82, 2.24) is 5.32 Å². The number of benzene rings is 3. The average molecular weight is 425 g/mol. The molecule has 0 heterocycles. The Balaban J connectivity index is 1.48. The summed E-state index contributed by atoms with van der Waals surface area (Å²) in [6, 6.07) is 24.6. The third-order valence-electron chi connectivity index (χ3n) is 4.16. The molecule has 2 N–H and O–H groups in total. The van der Waals surface area contributed by atoms with Gasteiger partial charge in [-0.1, -0.05) is 60.1 Å². The first kappa shape index (κ1) is 20.8. The number of carbonyl (C=O) groups is 1. The van der Waals surface area contributed by atoms with Gasteiger partial charge in [0.15, 0.2) is 5.11 Å². The van der Waals surface area contributed by atoms with Gasteiger partial charge in [0, 0.05) is 11.8 Å². The van der Waals surface area contributed by atoms with Crippen LogP contribution >= 0.6 is 23.8 Å². The Morgan fingerprint density at radius 3 is 2.52 bits per heavy atom. The molecule has 0 saturated heterocycles. The normalized spacial score (nSPS) is 10.2. The van der Waals surface area contributed by atoms with E-state index in [1.54, 1.807) is 24.3 Å². The summed E-state index contributed by atoms with van der Waals surface area (Å²) in [5, 5.41) is 6.19. The van der Waals surface area contributed by atoms with Crippen molar-refractivity contribution >= 4 is 40.5 Å².